The summed E-state index contributed by atoms with van der Waals surface area (Å²) in [5.41, 5.74) is 2.13. The highest BCUT2D eigenvalue weighted by Crippen LogP contribution is 2.09. The molecule has 17 heavy (non-hydrogen) atoms. The molecular weight excluding hydrogens is 214 g/mol. The molecule has 1 amide bonds. The van der Waals surface area contributed by atoms with E-state index in [1.165, 1.54) is 0 Å². The molecule has 0 bridgehead atoms. The highest BCUT2D eigenvalue weighted by atomic mass is 16.5. The van der Waals surface area contributed by atoms with Gasteiger partial charge >= 0.3 is 0 Å². The Morgan fingerprint density at radius 3 is 2.47 bits per heavy atom. The van der Waals surface area contributed by atoms with E-state index in [0.29, 0.717) is 19.6 Å². The highest BCUT2D eigenvalue weighted by Gasteiger charge is 2.11. The van der Waals surface area contributed by atoms with Gasteiger partial charge in [-0.2, -0.15) is 0 Å². The Kier molecular flexibility index (Phi) is 8.42. The smallest absolute Gasteiger partial charge is 0.224 e. The van der Waals surface area contributed by atoms with Crippen LogP contribution in [-0.4, -0.2) is 25.2 Å². The zero-order chi connectivity index (χ0) is 13.3. The van der Waals surface area contributed by atoms with Crippen LogP contribution < -0.4 is 5.32 Å². The van der Waals surface area contributed by atoms with E-state index in [2.05, 4.69) is 11.9 Å². The lowest BCUT2D eigenvalue weighted by molar-refractivity contribution is -0.121. The van der Waals surface area contributed by atoms with E-state index in [1.54, 1.807) is 6.08 Å². The fourth-order valence-corrected chi connectivity index (χ4v) is 1.43. The van der Waals surface area contributed by atoms with Gasteiger partial charge in [0.1, 0.15) is 0 Å². The summed E-state index contributed by atoms with van der Waals surface area (Å²) >= 11 is 0. The lowest BCUT2D eigenvalue weighted by atomic mass is 10.1. The van der Waals surface area contributed by atoms with Gasteiger partial charge < -0.3 is 10.1 Å². The fraction of sp³-hybridized carbons (Fsp3) is 0.643. The summed E-state index contributed by atoms with van der Waals surface area (Å²) in [6.07, 6.45) is 3.02. The van der Waals surface area contributed by atoms with E-state index < -0.39 is 0 Å². The van der Waals surface area contributed by atoms with E-state index >= 15 is 0 Å². The molecule has 0 saturated carbocycles. The molecule has 0 rings (SSSR count). The number of allylic oxidation sites excluding steroid dienone is 2. The molecule has 1 unspecified atom stereocenters. The van der Waals surface area contributed by atoms with Gasteiger partial charge in [0.15, 0.2) is 0 Å². The summed E-state index contributed by atoms with van der Waals surface area (Å²) in [6.45, 7) is 12.9. The van der Waals surface area contributed by atoms with Crippen molar-refractivity contribution in [3.8, 4) is 0 Å². The van der Waals surface area contributed by atoms with Crippen molar-refractivity contribution in [3.05, 3.63) is 23.8 Å². The zero-order valence-electron chi connectivity index (χ0n) is 11.5. The number of rotatable bonds is 8. The van der Waals surface area contributed by atoms with Crippen LogP contribution in [0.2, 0.25) is 0 Å². The number of hydrogen-bond acceptors (Lipinski definition) is 2. The number of hydrogen-bond donors (Lipinski definition) is 1. The standard InChI is InChI=1S/C14H25NO2/c1-6-12(11(4)5)9-14(16)15-13(7-2)10-17-8-3/h6,13H,1,7-10H2,2-5H3,(H,15,16). The SMILES string of the molecule is C=CC(CC(=O)NC(CC)COCC)=C(C)C. The van der Waals surface area contributed by atoms with E-state index in [4.69, 9.17) is 4.74 Å². The maximum Gasteiger partial charge on any atom is 0.224 e. The van der Waals surface area contributed by atoms with Crippen molar-refractivity contribution in [2.45, 2.75) is 46.6 Å². The summed E-state index contributed by atoms with van der Waals surface area (Å²) in [5.74, 6) is 0.0349. The average Bonchev–Trinajstić information content (AvgIpc) is 2.30. The zero-order valence-corrected chi connectivity index (χ0v) is 11.5. The Hall–Kier alpha value is -1.09. The first-order valence-corrected chi connectivity index (χ1v) is 6.20. The van der Waals surface area contributed by atoms with Crippen molar-refractivity contribution in [2.24, 2.45) is 0 Å². The minimum Gasteiger partial charge on any atom is -0.380 e. The molecule has 98 valence electrons. The Morgan fingerprint density at radius 1 is 1.41 bits per heavy atom. The topological polar surface area (TPSA) is 38.3 Å². The van der Waals surface area contributed by atoms with Gasteiger partial charge in [-0.15, -0.1) is 0 Å². The van der Waals surface area contributed by atoms with Gasteiger partial charge in [0.2, 0.25) is 5.91 Å². The number of nitrogens with one attached hydrogen (secondary N) is 1. The Balaban J connectivity index is 4.23. The molecule has 1 atom stereocenters. The van der Waals surface area contributed by atoms with Crippen LogP contribution in [0.5, 0.6) is 0 Å². The minimum absolute atomic E-state index is 0.0349. The van der Waals surface area contributed by atoms with E-state index in [0.717, 1.165) is 17.6 Å². The quantitative estimate of drug-likeness (QED) is 0.661. The van der Waals surface area contributed by atoms with Crippen molar-refractivity contribution >= 4 is 5.91 Å². The number of ether oxygens (including phenoxy) is 1. The summed E-state index contributed by atoms with van der Waals surface area (Å²) < 4.78 is 5.32. The van der Waals surface area contributed by atoms with E-state index in [9.17, 15) is 4.79 Å². The second kappa shape index (κ2) is 8.99. The molecule has 3 heteroatoms. The van der Waals surface area contributed by atoms with Gasteiger partial charge in [-0.05, 0) is 32.8 Å². The molecule has 0 aliphatic carbocycles. The van der Waals surface area contributed by atoms with Crippen LogP contribution in [0.3, 0.4) is 0 Å². The fourth-order valence-electron chi connectivity index (χ4n) is 1.43. The second-order valence-corrected chi connectivity index (χ2v) is 4.24. The van der Waals surface area contributed by atoms with Crippen LogP contribution in [0.1, 0.15) is 40.5 Å². The van der Waals surface area contributed by atoms with Crippen molar-refractivity contribution in [2.75, 3.05) is 13.2 Å². The average molecular weight is 239 g/mol. The molecule has 0 aliphatic rings. The van der Waals surface area contributed by atoms with Crippen LogP contribution in [0.4, 0.5) is 0 Å². The molecule has 0 aliphatic heterocycles. The number of amides is 1. The van der Waals surface area contributed by atoms with Crippen LogP contribution >= 0.6 is 0 Å². The summed E-state index contributed by atoms with van der Waals surface area (Å²) in [5, 5.41) is 2.98. The monoisotopic (exact) mass is 239 g/mol. The normalized spacial score (nSPS) is 11.8. The molecule has 3 nitrogen and oxygen atoms in total. The molecule has 0 fully saturated rings. The number of carbonyl (C=O) groups is 1. The van der Waals surface area contributed by atoms with Crippen molar-refractivity contribution in [1.82, 2.24) is 5.32 Å². The van der Waals surface area contributed by atoms with Gasteiger partial charge in [0.05, 0.1) is 19.1 Å². The summed E-state index contributed by atoms with van der Waals surface area (Å²) in [6, 6.07) is 0.102. The van der Waals surface area contributed by atoms with Crippen LogP contribution in [0.25, 0.3) is 0 Å². The largest absolute Gasteiger partial charge is 0.380 e. The maximum atomic E-state index is 11.8. The molecule has 0 spiro atoms. The van der Waals surface area contributed by atoms with E-state index in [-0.39, 0.29) is 11.9 Å². The molecule has 0 heterocycles. The second-order valence-electron chi connectivity index (χ2n) is 4.24. The van der Waals surface area contributed by atoms with Crippen molar-refractivity contribution in [3.63, 3.8) is 0 Å². The van der Waals surface area contributed by atoms with Crippen LogP contribution in [0, 0.1) is 0 Å². The van der Waals surface area contributed by atoms with Crippen molar-refractivity contribution < 1.29 is 9.53 Å². The molecular formula is C14H25NO2. The molecule has 1 N–H and O–H groups in total. The van der Waals surface area contributed by atoms with Gasteiger partial charge in [0.25, 0.3) is 0 Å². The van der Waals surface area contributed by atoms with Gasteiger partial charge in [0, 0.05) is 6.61 Å². The minimum atomic E-state index is 0.0349. The molecule has 0 saturated heterocycles. The third kappa shape index (κ3) is 6.95. The highest BCUT2D eigenvalue weighted by molar-refractivity contribution is 5.79. The lowest BCUT2D eigenvalue weighted by Crippen LogP contribution is -2.37. The predicted molar refractivity (Wildman–Crippen MR) is 71.9 cm³/mol. The Bertz CT molecular complexity index is 278. The van der Waals surface area contributed by atoms with Crippen LogP contribution in [-0.2, 0) is 9.53 Å². The third-order valence-electron chi connectivity index (χ3n) is 2.62. The Morgan fingerprint density at radius 2 is 2.06 bits per heavy atom. The van der Waals surface area contributed by atoms with E-state index in [1.807, 2.05) is 27.7 Å². The van der Waals surface area contributed by atoms with Gasteiger partial charge in [-0.1, -0.05) is 25.2 Å². The molecule has 0 aromatic carbocycles. The summed E-state index contributed by atoms with van der Waals surface area (Å²) in [4.78, 5) is 11.8. The number of carbonyl (C=O) groups excluding carboxylic acids is 1. The maximum absolute atomic E-state index is 11.8. The lowest BCUT2D eigenvalue weighted by Gasteiger charge is -2.17. The van der Waals surface area contributed by atoms with Crippen LogP contribution in [0.15, 0.2) is 23.8 Å². The van der Waals surface area contributed by atoms with Gasteiger partial charge in [-0.25, -0.2) is 0 Å². The third-order valence-corrected chi connectivity index (χ3v) is 2.62. The van der Waals surface area contributed by atoms with Crippen molar-refractivity contribution in [1.29, 1.82) is 0 Å². The Labute approximate surface area is 105 Å². The first kappa shape index (κ1) is 15.9. The summed E-state index contributed by atoms with van der Waals surface area (Å²) in [7, 11) is 0. The molecule has 0 radical (unpaired) electrons. The first-order chi connectivity index (χ1) is 8.04. The predicted octanol–water partition coefficient (Wildman–Crippen LogP) is 2.83. The van der Waals surface area contributed by atoms with Gasteiger partial charge in [-0.3, -0.25) is 4.79 Å². The molecule has 0 aromatic rings. The first-order valence-electron chi connectivity index (χ1n) is 6.20. The molecule has 0 aromatic heterocycles.